The summed E-state index contributed by atoms with van der Waals surface area (Å²) in [6, 6.07) is 0. The third-order valence-electron chi connectivity index (χ3n) is 1.88. The largest absolute Gasteiger partial charge is 0.457 e. The maximum Gasteiger partial charge on any atom is 0.457 e. The molecule has 0 radical (unpaired) electrons. The van der Waals surface area contributed by atoms with E-state index in [0.29, 0.717) is 6.92 Å². The first-order valence-corrected chi connectivity index (χ1v) is 4.05. The molecule has 0 heterocycles. The van der Waals surface area contributed by atoms with Gasteiger partial charge in [-0.3, -0.25) is 0 Å². The molecule has 0 saturated heterocycles. The van der Waals surface area contributed by atoms with E-state index in [0.717, 1.165) is 0 Å². The van der Waals surface area contributed by atoms with E-state index in [4.69, 9.17) is 5.11 Å². The van der Waals surface area contributed by atoms with Gasteiger partial charge in [-0.05, 0) is 6.92 Å². The van der Waals surface area contributed by atoms with Crippen molar-refractivity contribution in [2.24, 2.45) is 0 Å². The fourth-order valence-corrected chi connectivity index (χ4v) is 1.05. The molecule has 0 aromatic heterocycles. The quantitative estimate of drug-likeness (QED) is 0.786. The highest BCUT2D eigenvalue weighted by atomic mass is 19.4. The van der Waals surface area contributed by atoms with E-state index < -0.39 is 36.5 Å². The Morgan fingerprint density at radius 3 is 1.35 bits per heavy atom. The van der Waals surface area contributed by atoms with Crippen molar-refractivity contribution in [3.05, 3.63) is 0 Å². The summed E-state index contributed by atoms with van der Waals surface area (Å²) in [6.45, 7) is 0.465. The zero-order chi connectivity index (χ0) is 14.3. The minimum atomic E-state index is -6.72. The molecule has 2 atom stereocenters. The molecule has 1 nitrogen and oxygen atoms in total. The van der Waals surface area contributed by atoms with Crippen LogP contribution in [0.15, 0.2) is 0 Å². The molecule has 0 amide bonds. The van der Waals surface area contributed by atoms with Gasteiger partial charge in [0.2, 0.25) is 0 Å². The predicted octanol–water partition coefficient (Wildman–Crippen LogP) is 3.23. The molecule has 104 valence electrons. The molecule has 10 heteroatoms. The fourth-order valence-electron chi connectivity index (χ4n) is 1.05. The van der Waals surface area contributed by atoms with Crippen molar-refractivity contribution in [3.63, 3.8) is 0 Å². The molecular formula is C7H7F9O. The van der Waals surface area contributed by atoms with Gasteiger partial charge >= 0.3 is 18.3 Å². The van der Waals surface area contributed by atoms with Crippen molar-refractivity contribution in [1.82, 2.24) is 0 Å². The number of alkyl halides is 9. The minimum absolute atomic E-state index is 0.465. The Morgan fingerprint density at radius 2 is 1.18 bits per heavy atom. The van der Waals surface area contributed by atoms with Gasteiger partial charge in [0.15, 0.2) is 0 Å². The van der Waals surface area contributed by atoms with E-state index in [1.165, 1.54) is 0 Å². The summed E-state index contributed by atoms with van der Waals surface area (Å²) in [5.74, 6) is -6.64. The smallest absolute Gasteiger partial charge is 0.393 e. The van der Waals surface area contributed by atoms with Crippen LogP contribution in [0.5, 0.6) is 0 Å². The van der Waals surface area contributed by atoms with Gasteiger partial charge in [-0.2, -0.15) is 35.1 Å². The van der Waals surface area contributed by atoms with E-state index in [1.54, 1.807) is 0 Å². The summed E-state index contributed by atoms with van der Waals surface area (Å²) in [6.07, 6.45) is -17.9. The highest BCUT2D eigenvalue weighted by molar-refractivity contribution is 5.04. The van der Waals surface area contributed by atoms with Gasteiger partial charge in [0.05, 0.1) is 6.10 Å². The summed E-state index contributed by atoms with van der Waals surface area (Å²) in [5.41, 5.74) is -5.87. The first-order valence-electron chi connectivity index (χ1n) is 4.05. The van der Waals surface area contributed by atoms with E-state index in [2.05, 4.69) is 0 Å². The van der Waals surface area contributed by atoms with Gasteiger partial charge in [0.25, 0.3) is 5.67 Å². The lowest BCUT2D eigenvalue weighted by molar-refractivity contribution is -0.387. The summed E-state index contributed by atoms with van der Waals surface area (Å²) < 4.78 is 109. The number of hydrogen-bond acceptors (Lipinski definition) is 1. The van der Waals surface area contributed by atoms with Crippen LogP contribution in [0.3, 0.4) is 0 Å². The summed E-state index contributed by atoms with van der Waals surface area (Å²) in [7, 11) is 0. The van der Waals surface area contributed by atoms with Crippen molar-refractivity contribution >= 4 is 0 Å². The van der Waals surface area contributed by atoms with E-state index in [9.17, 15) is 39.5 Å². The molecular weight excluding hydrogens is 271 g/mol. The van der Waals surface area contributed by atoms with Gasteiger partial charge in [-0.15, -0.1) is 0 Å². The van der Waals surface area contributed by atoms with Crippen molar-refractivity contribution in [2.75, 3.05) is 0 Å². The molecule has 0 aliphatic rings. The number of rotatable bonds is 3. The van der Waals surface area contributed by atoms with Crippen LogP contribution >= 0.6 is 0 Å². The summed E-state index contributed by atoms with van der Waals surface area (Å²) in [4.78, 5) is 0. The molecule has 0 aromatic carbocycles. The molecule has 0 aliphatic carbocycles. The monoisotopic (exact) mass is 278 g/mol. The van der Waals surface area contributed by atoms with E-state index in [1.807, 2.05) is 0 Å². The van der Waals surface area contributed by atoms with Crippen LogP contribution in [-0.4, -0.2) is 35.2 Å². The van der Waals surface area contributed by atoms with Crippen LogP contribution in [-0.2, 0) is 0 Å². The lowest BCUT2D eigenvalue weighted by Gasteiger charge is -2.36. The molecule has 17 heavy (non-hydrogen) atoms. The maximum absolute atomic E-state index is 13.1. The Hall–Kier alpha value is -0.670. The lowest BCUT2D eigenvalue weighted by atomic mass is 9.90. The molecule has 1 N–H and O–H groups in total. The third-order valence-corrected chi connectivity index (χ3v) is 1.88. The molecule has 0 fully saturated rings. The Bertz CT molecular complexity index is 265. The number of halogens is 9. The average molecular weight is 278 g/mol. The molecule has 0 saturated carbocycles. The first-order chi connectivity index (χ1) is 7.17. The normalized spacial score (nSPS) is 19.9. The molecule has 0 rings (SSSR count). The van der Waals surface area contributed by atoms with Gasteiger partial charge in [0, 0.05) is 6.42 Å². The minimum Gasteiger partial charge on any atom is -0.393 e. The second-order valence-electron chi connectivity index (χ2n) is 3.42. The van der Waals surface area contributed by atoms with Crippen LogP contribution in [0.2, 0.25) is 0 Å². The Kier molecular flexibility index (Phi) is 4.05. The van der Waals surface area contributed by atoms with E-state index in [-0.39, 0.29) is 0 Å². The second-order valence-corrected chi connectivity index (χ2v) is 3.42. The van der Waals surface area contributed by atoms with Crippen LogP contribution in [0, 0.1) is 0 Å². The molecule has 0 spiro atoms. The molecule has 0 aromatic rings. The highest BCUT2D eigenvalue weighted by Crippen LogP contribution is 2.54. The van der Waals surface area contributed by atoms with Gasteiger partial charge in [-0.25, -0.2) is 4.39 Å². The zero-order valence-corrected chi connectivity index (χ0v) is 8.13. The van der Waals surface area contributed by atoms with E-state index >= 15 is 0 Å². The van der Waals surface area contributed by atoms with Crippen LogP contribution < -0.4 is 0 Å². The summed E-state index contributed by atoms with van der Waals surface area (Å²) >= 11 is 0. The standard InChI is InChI=1S/C7H7F9O/c1-3(17)2-4(8,6(11,12)13)5(9,10)7(14,15)16/h3,17H,2H2,1H3. The number of hydrogen-bond donors (Lipinski definition) is 1. The number of aliphatic hydroxyl groups is 1. The zero-order valence-electron chi connectivity index (χ0n) is 8.13. The third kappa shape index (κ3) is 2.78. The van der Waals surface area contributed by atoms with Crippen molar-refractivity contribution in [2.45, 2.75) is 43.4 Å². The topological polar surface area (TPSA) is 20.2 Å². The molecule has 2 unspecified atom stereocenters. The van der Waals surface area contributed by atoms with Gasteiger partial charge in [-0.1, -0.05) is 0 Å². The Morgan fingerprint density at radius 1 is 0.824 bits per heavy atom. The lowest BCUT2D eigenvalue weighted by Crippen LogP contribution is -2.63. The fraction of sp³-hybridized carbons (Fsp3) is 1.00. The maximum atomic E-state index is 13.1. The SMILES string of the molecule is CC(O)CC(F)(C(F)(F)F)C(F)(F)C(F)(F)F. The van der Waals surface area contributed by atoms with Crippen molar-refractivity contribution < 1.29 is 44.6 Å². The second kappa shape index (κ2) is 4.21. The molecule has 0 aliphatic heterocycles. The number of aliphatic hydroxyl groups excluding tert-OH is 1. The van der Waals surface area contributed by atoms with Gasteiger partial charge in [0.1, 0.15) is 0 Å². The van der Waals surface area contributed by atoms with Crippen molar-refractivity contribution in [3.8, 4) is 0 Å². The van der Waals surface area contributed by atoms with Crippen molar-refractivity contribution in [1.29, 1.82) is 0 Å². The predicted molar refractivity (Wildman–Crippen MR) is 37.2 cm³/mol. The van der Waals surface area contributed by atoms with Crippen LogP contribution in [0.4, 0.5) is 39.5 Å². The summed E-state index contributed by atoms with van der Waals surface area (Å²) in [5, 5.41) is 8.44. The first kappa shape index (κ1) is 16.3. The Balaban J connectivity index is 5.65. The molecule has 0 bridgehead atoms. The van der Waals surface area contributed by atoms with Crippen LogP contribution in [0.1, 0.15) is 13.3 Å². The highest BCUT2D eigenvalue weighted by Gasteiger charge is 2.80. The average Bonchev–Trinajstić information content (AvgIpc) is 1.97. The Labute approximate surface area is 89.2 Å². The van der Waals surface area contributed by atoms with Crippen LogP contribution in [0.25, 0.3) is 0 Å². The van der Waals surface area contributed by atoms with Gasteiger partial charge < -0.3 is 5.11 Å².